The average molecular weight is 480 g/mol. The first-order valence-electron chi connectivity index (χ1n) is 10.2. The van der Waals surface area contributed by atoms with Crippen LogP contribution in [0.4, 0.5) is 13.2 Å². The number of carboxylic acid groups (broad SMARTS) is 1. The van der Waals surface area contributed by atoms with Gasteiger partial charge in [-0.25, -0.2) is 9.78 Å². The Kier molecular flexibility index (Phi) is 7.35. The van der Waals surface area contributed by atoms with Crippen LogP contribution in [0.5, 0.6) is 0 Å². The summed E-state index contributed by atoms with van der Waals surface area (Å²) in [7, 11) is 4.07. The lowest BCUT2D eigenvalue weighted by atomic mass is 10.1. The Morgan fingerprint density at radius 2 is 1.85 bits per heavy atom. The van der Waals surface area contributed by atoms with Crippen molar-refractivity contribution < 1.29 is 27.9 Å². The number of benzene rings is 1. The lowest BCUT2D eigenvalue weighted by Gasteiger charge is -2.17. The summed E-state index contributed by atoms with van der Waals surface area (Å²) in [6.07, 6.45) is -4.11. The van der Waals surface area contributed by atoms with Crippen LogP contribution in [0.2, 0.25) is 0 Å². The Labute approximate surface area is 191 Å². The molecular weight excluding hydrogens is 457 g/mol. The van der Waals surface area contributed by atoms with Gasteiger partial charge in [0.15, 0.2) is 0 Å². The van der Waals surface area contributed by atoms with Crippen molar-refractivity contribution in [2.45, 2.75) is 12.6 Å². The minimum Gasteiger partial charge on any atom is -0.475 e. The molecule has 0 spiro atoms. The summed E-state index contributed by atoms with van der Waals surface area (Å²) in [5.41, 5.74) is 1.08. The third-order valence-corrected chi connectivity index (χ3v) is 5.04. The van der Waals surface area contributed by atoms with Gasteiger partial charge in [0.25, 0.3) is 17.2 Å². The van der Waals surface area contributed by atoms with E-state index in [1.54, 1.807) is 4.90 Å². The first-order chi connectivity index (χ1) is 16.0. The van der Waals surface area contributed by atoms with Gasteiger partial charge in [0, 0.05) is 31.3 Å². The van der Waals surface area contributed by atoms with Crippen LogP contribution in [0.1, 0.15) is 17.0 Å². The van der Waals surface area contributed by atoms with Crippen molar-refractivity contribution in [2.24, 2.45) is 5.92 Å². The van der Waals surface area contributed by atoms with Crippen LogP contribution in [0, 0.1) is 5.92 Å². The molecule has 10 nitrogen and oxygen atoms in total. The number of hydrogen-bond donors (Lipinski definition) is 2. The van der Waals surface area contributed by atoms with E-state index in [2.05, 4.69) is 20.0 Å². The second-order valence-electron chi connectivity index (χ2n) is 8.02. The monoisotopic (exact) mass is 480 g/mol. The fourth-order valence-corrected chi connectivity index (χ4v) is 3.57. The molecule has 1 atom stereocenters. The van der Waals surface area contributed by atoms with Crippen molar-refractivity contribution in [1.82, 2.24) is 29.4 Å². The number of nitrogens with one attached hydrogen (secondary N) is 1. The highest BCUT2D eigenvalue weighted by atomic mass is 19.4. The number of alkyl halides is 3. The van der Waals surface area contributed by atoms with Crippen LogP contribution in [0.3, 0.4) is 0 Å². The number of rotatable bonds is 4. The van der Waals surface area contributed by atoms with Crippen LogP contribution < -0.4 is 5.56 Å². The number of likely N-dealkylation sites (tertiary alicyclic amines) is 1. The van der Waals surface area contributed by atoms with Crippen molar-refractivity contribution >= 4 is 17.7 Å². The maximum atomic E-state index is 12.8. The predicted molar refractivity (Wildman–Crippen MR) is 115 cm³/mol. The van der Waals surface area contributed by atoms with Crippen LogP contribution in [-0.2, 0) is 4.79 Å². The van der Waals surface area contributed by atoms with Crippen molar-refractivity contribution in [2.75, 3.05) is 33.7 Å². The number of aromatic nitrogens is 4. The third kappa shape index (κ3) is 5.98. The smallest absolute Gasteiger partial charge is 0.475 e. The van der Waals surface area contributed by atoms with E-state index in [-0.39, 0.29) is 23.1 Å². The second-order valence-corrected chi connectivity index (χ2v) is 8.02. The van der Waals surface area contributed by atoms with E-state index in [1.165, 1.54) is 10.6 Å². The van der Waals surface area contributed by atoms with Crippen LogP contribution in [0.25, 0.3) is 17.0 Å². The molecule has 2 aromatic heterocycles. The molecule has 4 rings (SSSR count). The van der Waals surface area contributed by atoms with E-state index in [0.717, 1.165) is 18.5 Å². The van der Waals surface area contributed by atoms with E-state index < -0.39 is 12.1 Å². The molecule has 0 radical (unpaired) electrons. The van der Waals surface area contributed by atoms with Gasteiger partial charge in [-0.1, -0.05) is 30.3 Å². The molecule has 1 aliphatic heterocycles. The zero-order valence-corrected chi connectivity index (χ0v) is 18.4. The van der Waals surface area contributed by atoms with Crippen molar-refractivity contribution in [3.8, 4) is 11.3 Å². The molecule has 1 aromatic carbocycles. The van der Waals surface area contributed by atoms with E-state index >= 15 is 0 Å². The molecule has 1 aliphatic rings. The molecule has 1 unspecified atom stereocenters. The first kappa shape index (κ1) is 24.9. The standard InChI is InChI=1S/C19H22N6O2.C2HF3O2/c1-23(2)11-13-8-9-24(12-13)18(27)17-21-19-20-15(10-16(26)25(19)22-17)14-6-4-3-5-7-14;3-2(4,5)1(6)7/h3-7,10,13H,8-9,11-12H2,1-2H3,(H,20,21,22);(H,6,7). The number of carboxylic acids is 1. The molecule has 0 bridgehead atoms. The number of nitrogens with zero attached hydrogens (tertiary/aromatic N) is 5. The fraction of sp³-hybridized carbons (Fsp3) is 0.381. The highest BCUT2D eigenvalue weighted by molar-refractivity contribution is 5.91. The Balaban J connectivity index is 0.000000406. The van der Waals surface area contributed by atoms with Gasteiger partial charge in [0.2, 0.25) is 5.82 Å². The molecule has 1 saturated heterocycles. The maximum absolute atomic E-state index is 12.8. The zero-order valence-electron chi connectivity index (χ0n) is 18.4. The van der Waals surface area contributed by atoms with Gasteiger partial charge in [-0.15, -0.1) is 0 Å². The predicted octanol–water partition coefficient (Wildman–Crippen LogP) is 1.74. The maximum Gasteiger partial charge on any atom is 0.490 e. The minimum absolute atomic E-state index is 0.148. The van der Waals surface area contributed by atoms with Gasteiger partial charge in [-0.3, -0.25) is 14.7 Å². The van der Waals surface area contributed by atoms with Crippen molar-refractivity contribution in [1.29, 1.82) is 0 Å². The van der Waals surface area contributed by atoms with Crippen molar-refractivity contribution in [3.63, 3.8) is 0 Å². The molecule has 182 valence electrons. The Bertz CT molecular complexity index is 1220. The first-order valence-corrected chi connectivity index (χ1v) is 10.2. The van der Waals surface area contributed by atoms with Gasteiger partial charge in [-0.05, 0) is 26.4 Å². The number of amides is 1. The number of halogens is 3. The van der Waals surface area contributed by atoms with Gasteiger partial charge in [0.1, 0.15) is 0 Å². The molecule has 13 heteroatoms. The number of aromatic amines is 1. The Morgan fingerprint density at radius 1 is 1.21 bits per heavy atom. The molecule has 3 heterocycles. The summed E-state index contributed by atoms with van der Waals surface area (Å²) in [6, 6.07) is 10.9. The number of hydrogen-bond acceptors (Lipinski definition) is 6. The summed E-state index contributed by atoms with van der Waals surface area (Å²) < 4.78 is 33.0. The summed E-state index contributed by atoms with van der Waals surface area (Å²) >= 11 is 0. The number of aliphatic carboxylic acids is 1. The summed E-state index contributed by atoms with van der Waals surface area (Å²) in [4.78, 5) is 46.7. The van der Waals surface area contributed by atoms with E-state index in [0.29, 0.717) is 24.7 Å². The van der Waals surface area contributed by atoms with Crippen LogP contribution >= 0.6 is 0 Å². The largest absolute Gasteiger partial charge is 0.490 e. The molecular formula is C21H23F3N6O4. The van der Waals surface area contributed by atoms with Gasteiger partial charge in [-0.2, -0.15) is 22.7 Å². The van der Waals surface area contributed by atoms with E-state index in [4.69, 9.17) is 9.90 Å². The molecule has 0 saturated carbocycles. The second kappa shape index (κ2) is 10.0. The molecule has 0 aliphatic carbocycles. The molecule has 1 fully saturated rings. The topological polar surface area (TPSA) is 124 Å². The Hall–Kier alpha value is -3.74. The minimum atomic E-state index is -5.08. The third-order valence-electron chi connectivity index (χ3n) is 5.04. The quantitative estimate of drug-likeness (QED) is 0.583. The highest BCUT2D eigenvalue weighted by Gasteiger charge is 2.38. The average Bonchev–Trinajstić information content (AvgIpc) is 3.40. The highest BCUT2D eigenvalue weighted by Crippen LogP contribution is 2.19. The van der Waals surface area contributed by atoms with Crippen LogP contribution in [0.15, 0.2) is 41.2 Å². The number of carbonyl (C=O) groups is 2. The van der Waals surface area contributed by atoms with E-state index in [1.807, 2.05) is 44.4 Å². The fourth-order valence-electron chi connectivity index (χ4n) is 3.57. The summed E-state index contributed by atoms with van der Waals surface area (Å²) in [5.74, 6) is -2.14. The number of fused-ring (bicyclic) bond motifs is 1. The number of carbonyl (C=O) groups excluding carboxylic acids is 1. The van der Waals surface area contributed by atoms with Gasteiger partial charge >= 0.3 is 12.1 Å². The zero-order chi connectivity index (χ0) is 25.0. The SMILES string of the molecule is CN(C)CC1CCN(C(=O)c2nc3nc(-c4ccccc4)cc(=O)n3[nH]2)C1.O=C(O)C(F)(F)F. The van der Waals surface area contributed by atoms with Gasteiger partial charge in [0.05, 0.1) is 5.69 Å². The lowest BCUT2D eigenvalue weighted by Crippen LogP contribution is -2.31. The Morgan fingerprint density at radius 3 is 2.44 bits per heavy atom. The summed E-state index contributed by atoms with van der Waals surface area (Å²) in [6.45, 7) is 2.35. The van der Waals surface area contributed by atoms with Gasteiger partial charge < -0.3 is 14.9 Å². The van der Waals surface area contributed by atoms with Crippen LogP contribution in [-0.4, -0.2) is 86.3 Å². The normalized spacial score (nSPS) is 15.9. The molecule has 3 aromatic rings. The molecule has 2 N–H and O–H groups in total. The van der Waals surface area contributed by atoms with E-state index in [9.17, 15) is 22.8 Å². The lowest BCUT2D eigenvalue weighted by molar-refractivity contribution is -0.192. The molecule has 1 amide bonds. The molecule has 34 heavy (non-hydrogen) atoms. The number of H-pyrrole nitrogens is 1. The summed E-state index contributed by atoms with van der Waals surface area (Å²) in [5, 5.41) is 9.93. The van der Waals surface area contributed by atoms with Crippen molar-refractivity contribution in [3.05, 3.63) is 52.6 Å².